The first-order valence-corrected chi connectivity index (χ1v) is 10.6. The number of hydrogen-bond donors (Lipinski definition) is 1. The van der Waals surface area contributed by atoms with Gasteiger partial charge in [0.25, 0.3) is 5.56 Å². The summed E-state index contributed by atoms with van der Waals surface area (Å²) < 4.78 is 12.0. The van der Waals surface area contributed by atoms with Crippen LogP contribution in [-0.2, 0) is 17.9 Å². The smallest absolute Gasteiger partial charge is 0.263 e. The molecule has 0 fully saturated rings. The van der Waals surface area contributed by atoms with Crippen LogP contribution < -0.4 is 20.3 Å². The molecule has 7 nitrogen and oxygen atoms in total. The molecule has 0 unspecified atom stereocenters. The fourth-order valence-corrected chi connectivity index (χ4v) is 4.88. The molecule has 0 aliphatic carbocycles. The monoisotopic (exact) mass is 425 g/mol. The highest BCUT2D eigenvalue weighted by molar-refractivity contribution is 7.18. The Balaban J connectivity index is 1.33. The molecule has 1 aliphatic rings. The van der Waals surface area contributed by atoms with E-state index in [4.69, 9.17) is 9.47 Å². The molecular formula is C20H15N3O4S2. The number of amides is 1. The van der Waals surface area contributed by atoms with Gasteiger partial charge in [-0.2, -0.15) is 0 Å². The predicted molar refractivity (Wildman–Crippen MR) is 112 cm³/mol. The average molecular weight is 425 g/mol. The van der Waals surface area contributed by atoms with Gasteiger partial charge in [-0.15, -0.1) is 22.7 Å². The molecule has 1 aromatic carbocycles. The second-order valence-corrected chi connectivity index (χ2v) is 8.25. The Labute approximate surface area is 173 Å². The van der Waals surface area contributed by atoms with E-state index in [0.717, 1.165) is 16.0 Å². The molecular weight excluding hydrogens is 410 g/mol. The van der Waals surface area contributed by atoms with Crippen molar-refractivity contribution in [2.45, 2.75) is 13.1 Å². The summed E-state index contributed by atoms with van der Waals surface area (Å²) in [5.74, 6) is 1.10. The van der Waals surface area contributed by atoms with Crippen molar-refractivity contribution in [2.75, 3.05) is 6.79 Å². The van der Waals surface area contributed by atoms with Crippen molar-refractivity contribution >= 4 is 38.8 Å². The second-order valence-electron chi connectivity index (χ2n) is 6.45. The highest BCUT2D eigenvalue weighted by Crippen LogP contribution is 2.33. The Kier molecular flexibility index (Phi) is 4.53. The summed E-state index contributed by atoms with van der Waals surface area (Å²) in [4.78, 5) is 31.4. The number of fused-ring (bicyclic) bond motifs is 2. The molecule has 29 heavy (non-hydrogen) atoms. The van der Waals surface area contributed by atoms with Gasteiger partial charge in [0.2, 0.25) is 12.7 Å². The Bertz CT molecular complexity index is 1260. The number of rotatable bonds is 5. The zero-order chi connectivity index (χ0) is 19.8. The van der Waals surface area contributed by atoms with Gasteiger partial charge < -0.3 is 14.8 Å². The number of carbonyl (C=O) groups is 1. The van der Waals surface area contributed by atoms with Crippen LogP contribution in [0.5, 0.6) is 11.5 Å². The van der Waals surface area contributed by atoms with Crippen LogP contribution in [0.25, 0.3) is 20.7 Å². The van der Waals surface area contributed by atoms with Crippen LogP contribution in [0.15, 0.2) is 52.2 Å². The number of benzene rings is 1. The van der Waals surface area contributed by atoms with Gasteiger partial charge >= 0.3 is 0 Å². The number of nitrogens with zero attached hydrogens (tertiary/aromatic N) is 2. The Morgan fingerprint density at radius 1 is 1.21 bits per heavy atom. The van der Waals surface area contributed by atoms with Crippen molar-refractivity contribution in [3.63, 3.8) is 0 Å². The molecule has 0 bridgehead atoms. The molecule has 0 radical (unpaired) electrons. The van der Waals surface area contributed by atoms with E-state index in [0.29, 0.717) is 28.3 Å². The first kappa shape index (κ1) is 17.9. The molecule has 1 amide bonds. The standard InChI is InChI=1S/C20H15N3O4S2/c24-17(21-7-12-3-4-14-15(6-12)27-11-26-14)8-23-10-22-19-18(20(23)25)13(9-29-19)16-2-1-5-28-16/h1-6,9-10H,7-8,11H2,(H,21,24). The maximum Gasteiger partial charge on any atom is 0.263 e. The summed E-state index contributed by atoms with van der Waals surface area (Å²) in [6.07, 6.45) is 1.43. The van der Waals surface area contributed by atoms with Gasteiger partial charge in [0, 0.05) is 22.4 Å². The summed E-state index contributed by atoms with van der Waals surface area (Å²) in [6.45, 7) is 0.449. The molecule has 5 rings (SSSR count). The van der Waals surface area contributed by atoms with Gasteiger partial charge in [-0.05, 0) is 29.1 Å². The third kappa shape index (κ3) is 3.39. The van der Waals surface area contributed by atoms with Crippen LogP contribution in [0.3, 0.4) is 0 Å². The molecule has 4 aromatic rings. The maximum atomic E-state index is 13.0. The minimum Gasteiger partial charge on any atom is -0.454 e. The molecule has 4 heterocycles. The highest BCUT2D eigenvalue weighted by atomic mass is 32.1. The number of aromatic nitrogens is 2. The quantitative estimate of drug-likeness (QED) is 0.531. The first-order chi connectivity index (χ1) is 14.2. The predicted octanol–water partition coefficient (Wildman–Crippen LogP) is 3.23. The fourth-order valence-electron chi connectivity index (χ4n) is 3.16. The normalized spacial score (nSPS) is 12.4. The van der Waals surface area contributed by atoms with Crippen molar-refractivity contribution in [3.8, 4) is 21.9 Å². The summed E-state index contributed by atoms with van der Waals surface area (Å²) in [7, 11) is 0. The average Bonchev–Trinajstić information content (AvgIpc) is 3.47. The number of carbonyl (C=O) groups excluding carboxylic acids is 1. The Hall–Kier alpha value is -3.17. The highest BCUT2D eigenvalue weighted by Gasteiger charge is 2.16. The van der Waals surface area contributed by atoms with Crippen LogP contribution >= 0.6 is 22.7 Å². The number of hydrogen-bond acceptors (Lipinski definition) is 7. The van der Waals surface area contributed by atoms with E-state index in [1.165, 1.54) is 22.2 Å². The summed E-state index contributed by atoms with van der Waals surface area (Å²) in [5.41, 5.74) is 1.55. The maximum absolute atomic E-state index is 13.0. The van der Waals surface area contributed by atoms with E-state index in [1.54, 1.807) is 11.3 Å². The molecule has 0 saturated carbocycles. The molecule has 0 spiro atoms. The van der Waals surface area contributed by atoms with Crippen LogP contribution in [0, 0.1) is 0 Å². The Morgan fingerprint density at radius 3 is 2.97 bits per heavy atom. The lowest BCUT2D eigenvalue weighted by Gasteiger charge is -2.08. The van der Waals surface area contributed by atoms with Crippen LogP contribution in [0.2, 0.25) is 0 Å². The Morgan fingerprint density at radius 2 is 2.10 bits per heavy atom. The van der Waals surface area contributed by atoms with E-state index in [1.807, 2.05) is 41.1 Å². The van der Waals surface area contributed by atoms with Gasteiger partial charge in [-0.3, -0.25) is 14.2 Å². The largest absolute Gasteiger partial charge is 0.454 e. The van der Waals surface area contributed by atoms with Crippen molar-refractivity contribution in [1.82, 2.24) is 14.9 Å². The second kappa shape index (κ2) is 7.34. The van der Waals surface area contributed by atoms with Gasteiger partial charge in [-0.25, -0.2) is 4.98 Å². The SMILES string of the molecule is O=C(Cn1cnc2scc(-c3cccs3)c2c1=O)NCc1ccc2c(c1)OCO2. The van der Waals surface area contributed by atoms with Gasteiger partial charge in [0.15, 0.2) is 11.5 Å². The van der Waals surface area contributed by atoms with Crippen LogP contribution in [-0.4, -0.2) is 22.3 Å². The van der Waals surface area contributed by atoms with Crippen molar-refractivity contribution in [1.29, 1.82) is 0 Å². The van der Waals surface area contributed by atoms with Gasteiger partial charge in [0.1, 0.15) is 11.4 Å². The minimum atomic E-state index is -0.265. The first-order valence-electron chi connectivity index (χ1n) is 8.85. The molecule has 146 valence electrons. The van der Waals surface area contributed by atoms with Crippen molar-refractivity contribution in [2.24, 2.45) is 0 Å². The number of thiophene rings is 2. The summed E-state index contributed by atoms with van der Waals surface area (Å²) in [5, 5.41) is 7.30. The van der Waals surface area contributed by atoms with Crippen LogP contribution in [0.4, 0.5) is 0 Å². The van der Waals surface area contributed by atoms with E-state index < -0.39 is 0 Å². The summed E-state index contributed by atoms with van der Waals surface area (Å²) in [6, 6.07) is 9.44. The zero-order valence-electron chi connectivity index (χ0n) is 15.1. The molecule has 9 heteroatoms. The zero-order valence-corrected chi connectivity index (χ0v) is 16.7. The van der Waals surface area contributed by atoms with E-state index in [-0.39, 0.29) is 24.8 Å². The molecule has 0 saturated heterocycles. The van der Waals surface area contributed by atoms with E-state index in [9.17, 15) is 9.59 Å². The van der Waals surface area contributed by atoms with E-state index in [2.05, 4.69) is 10.3 Å². The molecule has 0 atom stereocenters. The molecule has 3 aromatic heterocycles. The van der Waals surface area contributed by atoms with Gasteiger partial charge in [-0.1, -0.05) is 12.1 Å². The van der Waals surface area contributed by atoms with Crippen molar-refractivity contribution in [3.05, 3.63) is 63.3 Å². The van der Waals surface area contributed by atoms with E-state index >= 15 is 0 Å². The van der Waals surface area contributed by atoms with Gasteiger partial charge in [0.05, 0.1) is 11.7 Å². The number of nitrogens with one attached hydrogen (secondary N) is 1. The molecule has 1 aliphatic heterocycles. The lowest BCUT2D eigenvalue weighted by Crippen LogP contribution is -2.32. The fraction of sp³-hybridized carbons (Fsp3) is 0.150. The third-order valence-electron chi connectivity index (χ3n) is 4.59. The lowest BCUT2D eigenvalue weighted by molar-refractivity contribution is -0.121. The number of ether oxygens (including phenoxy) is 2. The lowest BCUT2D eigenvalue weighted by atomic mass is 10.2. The molecule has 1 N–H and O–H groups in total. The third-order valence-corrected chi connectivity index (χ3v) is 6.38. The minimum absolute atomic E-state index is 0.0912. The van der Waals surface area contributed by atoms with Crippen LogP contribution in [0.1, 0.15) is 5.56 Å². The van der Waals surface area contributed by atoms with Crippen molar-refractivity contribution < 1.29 is 14.3 Å². The summed E-state index contributed by atoms with van der Waals surface area (Å²) >= 11 is 3.00. The topological polar surface area (TPSA) is 82.5 Å².